The van der Waals surface area contributed by atoms with Gasteiger partial charge in [0, 0.05) is 17.5 Å². The van der Waals surface area contributed by atoms with Crippen molar-refractivity contribution in [2.24, 2.45) is 0 Å². The monoisotopic (exact) mass is 196 g/mol. The van der Waals surface area contributed by atoms with Crippen molar-refractivity contribution in [2.45, 2.75) is 13.3 Å². The molecule has 0 saturated heterocycles. The van der Waals surface area contributed by atoms with Gasteiger partial charge in [-0.15, -0.1) is 0 Å². The third-order valence-corrected chi connectivity index (χ3v) is 1.80. The van der Waals surface area contributed by atoms with E-state index in [0.717, 1.165) is 6.07 Å². The molecule has 14 heavy (non-hydrogen) atoms. The van der Waals surface area contributed by atoms with Crippen molar-refractivity contribution in [1.82, 2.24) is 0 Å². The SMILES string of the molecule is Cc1c(C#CCCO)ccc(F)c1F. The zero-order chi connectivity index (χ0) is 10.6. The van der Waals surface area contributed by atoms with Gasteiger partial charge in [-0.25, -0.2) is 8.78 Å². The Morgan fingerprint density at radius 2 is 2.07 bits per heavy atom. The number of halogens is 2. The summed E-state index contributed by atoms with van der Waals surface area (Å²) in [5.74, 6) is 3.59. The van der Waals surface area contributed by atoms with E-state index in [0.29, 0.717) is 12.0 Å². The van der Waals surface area contributed by atoms with Gasteiger partial charge in [0.1, 0.15) is 0 Å². The number of aliphatic hydroxyl groups excluding tert-OH is 1. The molecular formula is C11H10F2O. The lowest BCUT2D eigenvalue weighted by molar-refractivity contribution is 0.305. The maximum Gasteiger partial charge on any atom is 0.162 e. The van der Waals surface area contributed by atoms with E-state index in [9.17, 15) is 8.78 Å². The van der Waals surface area contributed by atoms with Crippen molar-refractivity contribution in [3.8, 4) is 11.8 Å². The van der Waals surface area contributed by atoms with Crippen LogP contribution in [0.1, 0.15) is 17.5 Å². The Labute approximate surface area is 81.4 Å². The van der Waals surface area contributed by atoms with Gasteiger partial charge in [-0.2, -0.15) is 0 Å². The lowest BCUT2D eigenvalue weighted by Crippen LogP contribution is -1.92. The van der Waals surface area contributed by atoms with E-state index in [1.54, 1.807) is 0 Å². The minimum atomic E-state index is -0.866. The molecule has 0 aliphatic rings. The van der Waals surface area contributed by atoms with Crippen LogP contribution >= 0.6 is 0 Å². The van der Waals surface area contributed by atoms with Crippen molar-refractivity contribution < 1.29 is 13.9 Å². The Hall–Kier alpha value is -1.40. The summed E-state index contributed by atoms with van der Waals surface area (Å²) in [5, 5.41) is 8.48. The molecule has 0 heterocycles. The molecular weight excluding hydrogens is 186 g/mol. The third kappa shape index (κ3) is 2.30. The molecule has 0 atom stereocenters. The second-order valence-electron chi connectivity index (χ2n) is 2.81. The summed E-state index contributed by atoms with van der Waals surface area (Å²) in [4.78, 5) is 0. The fourth-order valence-electron chi connectivity index (χ4n) is 1.00. The third-order valence-electron chi connectivity index (χ3n) is 1.80. The highest BCUT2D eigenvalue weighted by atomic mass is 19.2. The molecule has 0 aliphatic heterocycles. The predicted octanol–water partition coefficient (Wildman–Crippen LogP) is 2.01. The van der Waals surface area contributed by atoms with Crippen LogP contribution in [0.5, 0.6) is 0 Å². The van der Waals surface area contributed by atoms with E-state index in [2.05, 4.69) is 11.8 Å². The summed E-state index contributed by atoms with van der Waals surface area (Å²) in [6, 6.07) is 2.48. The van der Waals surface area contributed by atoms with Crippen LogP contribution in [0.4, 0.5) is 8.78 Å². The van der Waals surface area contributed by atoms with Gasteiger partial charge in [0.2, 0.25) is 0 Å². The molecule has 0 aliphatic carbocycles. The first-order valence-electron chi connectivity index (χ1n) is 4.21. The average Bonchev–Trinajstić information content (AvgIpc) is 2.18. The molecule has 0 unspecified atom stereocenters. The maximum absolute atomic E-state index is 13.0. The van der Waals surface area contributed by atoms with Crippen molar-refractivity contribution in [3.05, 3.63) is 34.9 Å². The van der Waals surface area contributed by atoms with Crippen LogP contribution in [0.15, 0.2) is 12.1 Å². The quantitative estimate of drug-likeness (QED) is 0.681. The fraction of sp³-hybridized carbons (Fsp3) is 0.273. The first kappa shape index (κ1) is 10.7. The standard InChI is InChI=1S/C11H10F2O/c1-8-9(4-2-3-7-14)5-6-10(12)11(8)13/h5-6,14H,3,7H2,1H3. The van der Waals surface area contributed by atoms with E-state index >= 15 is 0 Å². The van der Waals surface area contributed by atoms with Crippen LogP contribution < -0.4 is 0 Å². The van der Waals surface area contributed by atoms with Gasteiger partial charge < -0.3 is 5.11 Å². The van der Waals surface area contributed by atoms with Crippen LogP contribution in [0.2, 0.25) is 0 Å². The van der Waals surface area contributed by atoms with Crippen LogP contribution in [0, 0.1) is 30.4 Å². The number of hydrogen-bond donors (Lipinski definition) is 1. The molecule has 0 spiro atoms. The van der Waals surface area contributed by atoms with E-state index in [-0.39, 0.29) is 12.2 Å². The molecule has 1 nitrogen and oxygen atoms in total. The van der Waals surface area contributed by atoms with Gasteiger partial charge in [0.15, 0.2) is 11.6 Å². The fourth-order valence-corrected chi connectivity index (χ4v) is 1.00. The Kier molecular flexibility index (Phi) is 3.61. The molecule has 74 valence electrons. The highest BCUT2D eigenvalue weighted by Gasteiger charge is 2.07. The van der Waals surface area contributed by atoms with E-state index in [1.807, 2.05) is 0 Å². The highest BCUT2D eigenvalue weighted by molar-refractivity contribution is 5.41. The predicted molar refractivity (Wildman–Crippen MR) is 49.7 cm³/mol. The van der Waals surface area contributed by atoms with Crippen molar-refractivity contribution in [1.29, 1.82) is 0 Å². The molecule has 1 N–H and O–H groups in total. The molecule has 3 heteroatoms. The second-order valence-corrected chi connectivity index (χ2v) is 2.81. The summed E-state index contributed by atoms with van der Waals surface area (Å²) in [7, 11) is 0. The Morgan fingerprint density at radius 1 is 1.36 bits per heavy atom. The van der Waals surface area contributed by atoms with Gasteiger partial charge in [-0.3, -0.25) is 0 Å². The van der Waals surface area contributed by atoms with Crippen LogP contribution in [0.3, 0.4) is 0 Å². The van der Waals surface area contributed by atoms with Gasteiger partial charge in [0.25, 0.3) is 0 Å². The first-order chi connectivity index (χ1) is 6.66. The van der Waals surface area contributed by atoms with Gasteiger partial charge in [-0.05, 0) is 19.1 Å². The lowest BCUT2D eigenvalue weighted by Gasteiger charge is -2.00. The van der Waals surface area contributed by atoms with Gasteiger partial charge in [0.05, 0.1) is 6.61 Å². The minimum Gasteiger partial charge on any atom is -0.395 e. The van der Waals surface area contributed by atoms with Crippen molar-refractivity contribution >= 4 is 0 Å². The first-order valence-corrected chi connectivity index (χ1v) is 4.21. The van der Waals surface area contributed by atoms with Gasteiger partial charge in [-0.1, -0.05) is 11.8 Å². The Balaban J connectivity index is 3.02. The number of rotatable bonds is 1. The molecule has 1 rings (SSSR count). The Bertz CT molecular complexity index is 388. The molecule has 0 bridgehead atoms. The lowest BCUT2D eigenvalue weighted by atomic mass is 10.1. The van der Waals surface area contributed by atoms with E-state index in [4.69, 9.17) is 5.11 Å². The van der Waals surface area contributed by atoms with E-state index in [1.165, 1.54) is 13.0 Å². The zero-order valence-corrected chi connectivity index (χ0v) is 7.77. The maximum atomic E-state index is 13.0. The summed E-state index contributed by atoms with van der Waals surface area (Å²) in [6.07, 6.45) is 0.332. The zero-order valence-electron chi connectivity index (χ0n) is 7.77. The normalized spacial score (nSPS) is 9.43. The minimum absolute atomic E-state index is 0.0320. The van der Waals surface area contributed by atoms with Crippen molar-refractivity contribution in [3.63, 3.8) is 0 Å². The summed E-state index contributed by atoms with van der Waals surface area (Å²) >= 11 is 0. The second kappa shape index (κ2) is 4.73. The molecule has 1 aromatic carbocycles. The molecule has 0 fully saturated rings. The van der Waals surface area contributed by atoms with E-state index < -0.39 is 11.6 Å². The number of hydrogen-bond acceptors (Lipinski definition) is 1. The van der Waals surface area contributed by atoms with Crippen molar-refractivity contribution in [2.75, 3.05) is 6.61 Å². The molecule has 1 aromatic rings. The number of aliphatic hydroxyl groups is 1. The molecule has 0 aromatic heterocycles. The topological polar surface area (TPSA) is 20.2 Å². The molecule has 0 saturated carbocycles. The molecule has 0 radical (unpaired) electrons. The van der Waals surface area contributed by atoms with Crippen LogP contribution in [-0.4, -0.2) is 11.7 Å². The summed E-state index contributed by atoms with van der Waals surface area (Å²) in [6.45, 7) is 1.44. The average molecular weight is 196 g/mol. The smallest absolute Gasteiger partial charge is 0.162 e. The number of benzene rings is 1. The van der Waals surface area contributed by atoms with Crippen LogP contribution in [0.25, 0.3) is 0 Å². The van der Waals surface area contributed by atoms with Gasteiger partial charge >= 0.3 is 0 Å². The Morgan fingerprint density at radius 3 is 2.71 bits per heavy atom. The molecule has 0 amide bonds. The summed E-state index contributed by atoms with van der Waals surface area (Å²) < 4.78 is 25.7. The van der Waals surface area contributed by atoms with Crippen LogP contribution in [-0.2, 0) is 0 Å². The largest absolute Gasteiger partial charge is 0.395 e. The highest BCUT2D eigenvalue weighted by Crippen LogP contribution is 2.14. The summed E-state index contributed by atoms with van der Waals surface area (Å²) in [5.41, 5.74) is 0.660.